The van der Waals surface area contributed by atoms with E-state index in [0.29, 0.717) is 28.6 Å². The summed E-state index contributed by atoms with van der Waals surface area (Å²) < 4.78 is 10.5. The first-order valence-electron chi connectivity index (χ1n) is 7.58. The Morgan fingerprint density at radius 2 is 2.04 bits per heavy atom. The van der Waals surface area contributed by atoms with Crippen LogP contribution < -0.4 is 14.8 Å². The average Bonchev–Trinajstić information content (AvgIpc) is 3.25. The smallest absolute Gasteiger partial charge is 0.257 e. The van der Waals surface area contributed by atoms with Gasteiger partial charge in [-0.25, -0.2) is 4.98 Å². The van der Waals surface area contributed by atoms with Gasteiger partial charge in [0.2, 0.25) is 6.79 Å². The lowest BCUT2D eigenvalue weighted by atomic mass is 10.1. The Morgan fingerprint density at radius 1 is 1.20 bits per heavy atom. The summed E-state index contributed by atoms with van der Waals surface area (Å²) in [5.41, 5.74) is 1.52. The molecule has 5 nitrogen and oxygen atoms in total. The van der Waals surface area contributed by atoms with Crippen LogP contribution in [0.15, 0.2) is 48.7 Å². The molecule has 0 atom stereocenters. The van der Waals surface area contributed by atoms with Crippen LogP contribution in [0.1, 0.15) is 20.8 Å². The lowest BCUT2D eigenvalue weighted by Gasteiger charge is -2.03. The fourth-order valence-electron chi connectivity index (χ4n) is 2.48. The summed E-state index contributed by atoms with van der Waals surface area (Å²) in [7, 11) is 0. The number of halogens is 1. The minimum atomic E-state index is -0.239. The monoisotopic (exact) mass is 372 g/mol. The fourth-order valence-corrected chi connectivity index (χ4v) is 3.52. The first-order chi connectivity index (χ1) is 12.2. The molecule has 7 heteroatoms. The maximum absolute atomic E-state index is 12.4. The van der Waals surface area contributed by atoms with E-state index in [-0.39, 0.29) is 12.7 Å². The zero-order valence-electron chi connectivity index (χ0n) is 13.0. The van der Waals surface area contributed by atoms with Gasteiger partial charge in [0.05, 0.1) is 0 Å². The molecule has 0 aliphatic carbocycles. The fraction of sp³-hybridized carbons (Fsp3) is 0.111. The van der Waals surface area contributed by atoms with E-state index in [1.165, 1.54) is 11.3 Å². The van der Waals surface area contributed by atoms with Crippen molar-refractivity contribution in [3.8, 4) is 11.5 Å². The second-order valence-electron chi connectivity index (χ2n) is 5.42. The molecule has 1 amide bonds. The summed E-state index contributed by atoms with van der Waals surface area (Å²) in [5, 5.41) is 4.08. The third-order valence-electron chi connectivity index (χ3n) is 3.73. The van der Waals surface area contributed by atoms with E-state index < -0.39 is 0 Å². The van der Waals surface area contributed by atoms with Crippen molar-refractivity contribution in [3.05, 3.63) is 69.7 Å². The number of nitrogens with one attached hydrogen (secondary N) is 1. The molecule has 2 heterocycles. The largest absolute Gasteiger partial charge is 0.454 e. The first kappa shape index (κ1) is 15.9. The summed E-state index contributed by atoms with van der Waals surface area (Å²) >= 11 is 7.61. The molecule has 1 N–H and O–H groups in total. The van der Waals surface area contributed by atoms with Crippen LogP contribution >= 0.6 is 22.9 Å². The van der Waals surface area contributed by atoms with Crippen LogP contribution in [-0.2, 0) is 6.42 Å². The van der Waals surface area contributed by atoms with Gasteiger partial charge in [0.1, 0.15) is 0 Å². The Hall–Kier alpha value is -2.57. The van der Waals surface area contributed by atoms with E-state index in [9.17, 15) is 4.79 Å². The predicted molar refractivity (Wildman–Crippen MR) is 96.9 cm³/mol. The van der Waals surface area contributed by atoms with Crippen LogP contribution in [0.4, 0.5) is 5.13 Å². The molecule has 1 aliphatic rings. The first-order valence-corrected chi connectivity index (χ1v) is 8.77. The van der Waals surface area contributed by atoms with Crippen molar-refractivity contribution in [2.45, 2.75) is 6.42 Å². The molecule has 3 aromatic rings. The molecule has 0 saturated heterocycles. The number of fused-ring (bicyclic) bond motifs is 1. The highest BCUT2D eigenvalue weighted by molar-refractivity contribution is 7.15. The second kappa shape index (κ2) is 6.74. The maximum Gasteiger partial charge on any atom is 0.257 e. The Morgan fingerprint density at radius 3 is 2.92 bits per heavy atom. The number of hydrogen-bond donors (Lipinski definition) is 1. The van der Waals surface area contributed by atoms with Gasteiger partial charge in [-0.15, -0.1) is 11.3 Å². The number of anilines is 1. The van der Waals surface area contributed by atoms with Gasteiger partial charge < -0.3 is 9.47 Å². The van der Waals surface area contributed by atoms with Crippen LogP contribution in [-0.4, -0.2) is 17.7 Å². The van der Waals surface area contributed by atoms with Gasteiger partial charge in [-0.1, -0.05) is 29.8 Å². The Bertz CT molecular complexity index is 942. The molecule has 2 aromatic carbocycles. The number of carbonyl (C=O) groups excluding carboxylic acids is 1. The van der Waals surface area contributed by atoms with Crippen LogP contribution in [0, 0.1) is 0 Å². The van der Waals surface area contributed by atoms with Crippen molar-refractivity contribution in [1.29, 1.82) is 0 Å². The normalized spacial score (nSPS) is 12.2. The molecule has 0 bridgehead atoms. The van der Waals surface area contributed by atoms with E-state index in [2.05, 4.69) is 10.3 Å². The minimum absolute atomic E-state index is 0.179. The summed E-state index contributed by atoms with van der Waals surface area (Å²) in [6.07, 6.45) is 2.43. The van der Waals surface area contributed by atoms with Crippen LogP contribution in [0.2, 0.25) is 5.02 Å². The van der Waals surface area contributed by atoms with Crippen LogP contribution in [0.3, 0.4) is 0 Å². The highest BCUT2D eigenvalue weighted by atomic mass is 35.5. The molecule has 0 fully saturated rings. The van der Waals surface area contributed by atoms with E-state index in [4.69, 9.17) is 21.1 Å². The minimum Gasteiger partial charge on any atom is -0.454 e. The molecule has 126 valence electrons. The van der Waals surface area contributed by atoms with Crippen molar-refractivity contribution in [2.24, 2.45) is 0 Å². The third kappa shape index (κ3) is 3.45. The van der Waals surface area contributed by atoms with E-state index in [1.54, 1.807) is 24.4 Å². The summed E-state index contributed by atoms with van der Waals surface area (Å²) in [6, 6.07) is 12.8. The zero-order valence-corrected chi connectivity index (χ0v) is 14.6. The van der Waals surface area contributed by atoms with Crippen LogP contribution in [0.25, 0.3) is 0 Å². The number of benzene rings is 2. The molecule has 1 aliphatic heterocycles. The molecular weight excluding hydrogens is 360 g/mol. The van der Waals surface area contributed by atoms with Gasteiger partial charge in [0.25, 0.3) is 5.91 Å². The molecule has 1 aromatic heterocycles. The third-order valence-corrected chi connectivity index (χ3v) is 5.01. The number of amides is 1. The Kier molecular flexibility index (Phi) is 4.29. The number of aromatic nitrogens is 1. The summed E-state index contributed by atoms with van der Waals surface area (Å²) in [5.74, 6) is 0.982. The number of thiazole rings is 1. The van der Waals surface area contributed by atoms with Crippen molar-refractivity contribution < 1.29 is 14.3 Å². The predicted octanol–water partition coefficient (Wildman–Crippen LogP) is 4.37. The van der Waals surface area contributed by atoms with Gasteiger partial charge in [-0.3, -0.25) is 10.1 Å². The quantitative estimate of drug-likeness (QED) is 0.738. The molecular formula is C18H13ClN2O3S. The standard InChI is InChI=1S/C18H13ClN2O3S/c19-14-4-2-1-3-11(14)7-13-9-20-18(25-13)21-17(22)12-5-6-15-16(8-12)24-10-23-15/h1-6,8-9H,7,10H2,(H,20,21,22). The number of nitrogens with zero attached hydrogens (tertiary/aromatic N) is 1. The molecule has 4 rings (SSSR count). The van der Waals surface area contributed by atoms with E-state index in [0.717, 1.165) is 15.5 Å². The SMILES string of the molecule is O=C(Nc1ncc(Cc2ccccc2Cl)s1)c1ccc2c(c1)OCO2. The zero-order chi connectivity index (χ0) is 17.2. The van der Waals surface area contributed by atoms with Crippen molar-refractivity contribution in [3.63, 3.8) is 0 Å². The lowest BCUT2D eigenvalue weighted by molar-refractivity contribution is 0.102. The highest BCUT2D eigenvalue weighted by Crippen LogP contribution is 2.33. The number of rotatable bonds is 4. The second-order valence-corrected chi connectivity index (χ2v) is 6.94. The van der Waals surface area contributed by atoms with E-state index >= 15 is 0 Å². The van der Waals surface area contributed by atoms with Gasteiger partial charge in [0, 0.05) is 28.1 Å². The Labute approximate surface area is 153 Å². The van der Waals surface area contributed by atoms with Gasteiger partial charge in [-0.05, 0) is 29.8 Å². The van der Waals surface area contributed by atoms with Gasteiger partial charge in [0.15, 0.2) is 16.6 Å². The van der Waals surface area contributed by atoms with Crippen molar-refractivity contribution >= 4 is 34.0 Å². The molecule has 0 spiro atoms. The topological polar surface area (TPSA) is 60.5 Å². The molecule has 0 saturated carbocycles. The number of ether oxygens (including phenoxy) is 2. The lowest BCUT2D eigenvalue weighted by Crippen LogP contribution is -2.11. The van der Waals surface area contributed by atoms with E-state index in [1.807, 2.05) is 24.3 Å². The molecule has 0 radical (unpaired) electrons. The highest BCUT2D eigenvalue weighted by Gasteiger charge is 2.17. The Balaban J connectivity index is 1.46. The number of carbonyl (C=O) groups is 1. The van der Waals surface area contributed by atoms with Crippen LogP contribution in [0.5, 0.6) is 11.5 Å². The number of hydrogen-bond acceptors (Lipinski definition) is 5. The summed E-state index contributed by atoms with van der Waals surface area (Å²) in [6.45, 7) is 0.179. The molecule has 0 unspecified atom stereocenters. The van der Waals surface area contributed by atoms with Gasteiger partial charge >= 0.3 is 0 Å². The van der Waals surface area contributed by atoms with Crippen molar-refractivity contribution in [1.82, 2.24) is 4.98 Å². The van der Waals surface area contributed by atoms with Crippen molar-refractivity contribution in [2.75, 3.05) is 12.1 Å². The van der Waals surface area contributed by atoms with Gasteiger partial charge in [-0.2, -0.15) is 0 Å². The summed E-state index contributed by atoms with van der Waals surface area (Å²) in [4.78, 5) is 17.7. The maximum atomic E-state index is 12.4. The molecule has 25 heavy (non-hydrogen) atoms. The average molecular weight is 373 g/mol.